The van der Waals surface area contributed by atoms with Gasteiger partial charge in [0.1, 0.15) is 4.70 Å². The second-order valence-electron chi connectivity index (χ2n) is 6.83. The number of hydrogen-bond donors (Lipinski definition) is 1. The average molecular weight is 465 g/mol. The molecular formula is C22H16N4O2S3. The Kier molecular flexibility index (Phi) is 5.31. The number of benzene rings is 2. The molecular weight excluding hydrogens is 448 g/mol. The number of aromatic nitrogens is 3. The van der Waals surface area contributed by atoms with Crippen LogP contribution >= 0.6 is 34.4 Å². The van der Waals surface area contributed by atoms with Gasteiger partial charge in [0.15, 0.2) is 10.3 Å². The minimum Gasteiger partial charge on any atom is -0.301 e. The fourth-order valence-corrected chi connectivity index (χ4v) is 5.65. The minimum absolute atomic E-state index is 0.115. The number of amides is 1. The van der Waals surface area contributed by atoms with Crippen molar-refractivity contribution in [2.75, 3.05) is 11.1 Å². The van der Waals surface area contributed by atoms with E-state index in [4.69, 9.17) is 0 Å². The van der Waals surface area contributed by atoms with E-state index in [9.17, 15) is 9.59 Å². The normalized spacial score (nSPS) is 11.3. The number of thioether (sulfide) groups is 1. The van der Waals surface area contributed by atoms with Gasteiger partial charge in [-0.25, -0.2) is 9.97 Å². The standard InChI is InChI=1S/C22H16N4O2S3/c1-13-5-4-6-14(11-13)26-20(28)19-16(9-10-29-19)24-22(26)30-12-18(27)25-21-23-15-7-2-3-8-17(15)31-21/h2-11H,12H2,1H3,(H,23,25,27). The predicted octanol–water partition coefficient (Wildman–Crippen LogP) is 5.10. The maximum absolute atomic E-state index is 13.2. The molecule has 0 saturated heterocycles. The third kappa shape index (κ3) is 3.99. The molecule has 154 valence electrons. The zero-order chi connectivity index (χ0) is 21.4. The Morgan fingerprint density at radius 1 is 1.10 bits per heavy atom. The van der Waals surface area contributed by atoms with E-state index >= 15 is 0 Å². The zero-order valence-electron chi connectivity index (χ0n) is 16.4. The van der Waals surface area contributed by atoms with Crippen LogP contribution < -0.4 is 10.9 Å². The number of thiazole rings is 1. The summed E-state index contributed by atoms with van der Waals surface area (Å²) in [6, 6.07) is 17.3. The van der Waals surface area contributed by atoms with Crippen molar-refractivity contribution in [2.45, 2.75) is 12.1 Å². The van der Waals surface area contributed by atoms with Gasteiger partial charge in [-0.1, -0.05) is 47.4 Å². The highest BCUT2D eigenvalue weighted by atomic mass is 32.2. The van der Waals surface area contributed by atoms with Crippen LogP contribution in [0.4, 0.5) is 5.13 Å². The second kappa shape index (κ2) is 8.26. The number of aryl methyl sites for hydroxylation is 1. The molecule has 3 heterocycles. The number of nitrogens with zero attached hydrogens (tertiary/aromatic N) is 3. The Morgan fingerprint density at radius 3 is 2.81 bits per heavy atom. The summed E-state index contributed by atoms with van der Waals surface area (Å²) in [5.74, 6) is -0.0800. The fourth-order valence-electron chi connectivity index (χ4n) is 3.19. The molecule has 0 aliphatic heterocycles. The Labute approximate surface area is 189 Å². The first-order valence-corrected chi connectivity index (χ1v) is 12.1. The Balaban J connectivity index is 1.43. The van der Waals surface area contributed by atoms with Gasteiger partial charge in [-0.3, -0.25) is 14.2 Å². The van der Waals surface area contributed by atoms with E-state index in [1.54, 1.807) is 4.57 Å². The molecule has 0 unspecified atom stereocenters. The van der Waals surface area contributed by atoms with Gasteiger partial charge >= 0.3 is 0 Å². The van der Waals surface area contributed by atoms with Gasteiger partial charge in [-0.15, -0.1) is 11.3 Å². The van der Waals surface area contributed by atoms with E-state index in [0.717, 1.165) is 21.5 Å². The highest BCUT2D eigenvalue weighted by molar-refractivity contribution is 7.99. The smallest absolute Gasteiger partial charge is 0.276 e. The molecule has 0 aliphatic carbocycles. The van der Waals surface area contributed by atoms with E-state index in [1.165, 1.54) is 34.4 Å². The van der Waals surface area contributed by atoms with Crippen LogP contribution in [0.1, 0.15) is 5.56 Å². The first kappa shape index (κ1) is 19.9. The Morgan fingerprint density at radius 2 is 1.97 bits per heavy atom. The summed E-state index contributed by atoms with van der Waals surface area (Å²) < 4.78 is 3.20. The second-order valence-corrected chi connectivity index (χ2v) is 9.72. The lowest BCUT2D eigenvalue weighted by atomic mass is 10.2. The van der Waals surface area contributed by atoms with E-state index in [2.05, 4.69) is 15.3 Å². The van der Waals surface area contributed by atoms with Crippen LogP contribution in [0.15, 0.2) is 69.9 Å². The molecule has 0 aliphatic rings. The molecule has 3 aromatic heterocycles. The highest BCUT2D eigenvalue weighted by Gasteiger charge is 2.16. The number of hydrogen-bond acceptors (Lipinski definition) is 7. The number of carbonyl (C=O) groups is 1. The molecule has 0 spiro atoms. The van der Waals surface area contributed by atoms with Crippen molar-refractivity contribution < 1.29 is 4.79 Å². The predicted molar refractivity (Wildman–Crippen MR) is 129 cm³/mol. The Hall–Kier alpha value is -3.01. The van der Waals surface area contributed by atoms with Gasteiger partial charge in [0.05, 0.1) is 27.2 Å². The SMILES string of the molecule is Cc1cccc(-n2c(SCC(=O)Nc3nc4ccccc4s3)nc3ccsc3c2=O)c1. The summed E-state index contributed by atoms with van der Waals surface area (Å²) in [4.78, 5) is 34.9. The van der Waals surface area contributed by atoms with Gasteiger partial charge in [-0.2, -0.15) is 0 Å². The monoisotopic (exact) mass is 464 g/mol. The lowest BCUT2D eigenvalue weighted by Crippen LogP contribution is -2.22. The van der Waals surface area contributed by atoms with Crippen LogP contribution in [0.3, 0.4) is 0 Å². The Bertz CT molecular complexity index is 1450. The molecule has 9 heteroatoms. The first-order valence-electron chi connectivity index (χ1n) is 9.44. The van der Waals surface area contributed by atoms with Gasteiger partial charge in [0.25, 0.3) is 5.56 Å². The summed E-state index contributed by atoms with van der Waals surface area (Å²) in [6.45, 7) is 1.98. The van der Waals surface area contributed by atoms with Crippen molar-refractivity contribution in [2.24, 2.45) is 0 Å². The fraction of sp³-hybridized carbons (Fsp3) is 0.0909. The van der Waals surface area contributed by atoms with Gasteiger partial charge in [-0.05, 0) is 48.2 Å². The van der Waals surface area contributed by atoms with E-state index in [1.807, 2.05) is 66.9 Å². The first-order chi connectivity index (χ1) is 15.1. The van der Waals surface area contributed by atoms with Crippen LogP contribution in [-0.4, -0.2) is 26.2 Å². The maximum atomic E-state index is 13.2. The number of rotatable bonds is 5. The average Bonchev–Trinajstić information content (AvgIpc) is 3.38. The van der Waals surface area contributed by atoms with Crippen molar-refractivity contribution in [3.63, 3.8) is 0 Å². The van der Waals surface area contributed by atoms with Crippen LogP contribution in [-0.2, 0) is 4.79 Å². The quantitative estimate of drug-likeness (QED) is 0.289. The lowest BCUT2D eigenvalue weighted by Gasteiger charge is -2.12. The number of carbonyl (C=O) groups excluding carboxylic acids is 1. The van der Waals surface area contributed by atoms with Crippen molar-refractivity contribution in [1.29, 1.82) is 0 Å². The maximum Gasteiger partial charge on any atom is 0.276 e. The van der Waals surface area contributed by atoms with E-state index in [-0.39, 0.29) is 17.2 Å². The van der Waals surface area contributed by atoms with Crippen LogP contribution in [0.25, 0.3) is 26.1 Å². The van der Waals surface area contributed by atoms with Crippen LogP contribution in [0.2, 0.25) is 0 Å². The molecule has 6 nitrogen and oxygen atoms in total. The number of anilines is 1. The number of fused-ring (bicyclic) bond motifs is 2. The number of para-hydroxylation sites is 1. The van der Waals surface area contributed by atoms with Crippen molar-refractivity contribution in [1.82, 2.24) is 14.5 Å². The molecule has 1 N–H and O–H groups in total. The largest absolute Gasteiger partial charge is 0.301 e. The summed E-state index contributed by atoms with van der Waals surface area (Å²) in [6.07, 6.45) is 0. The zero-order valence-corrected chi connectivity index (χ0v) is 18.8. The summed E-state index contributed by atoms with van der Waals surface area (Å²) in [5.41, 5.74) is 3.16. The molecule has 5 aromatic rings. The molecule has 0 radical (unpaired) electrons. The molecule has 5 rings (SSSR count). The minimum atomic E-state index is -0.195. The van der Waals surface area contributed by atoms with Crippen LogP contribution in [0.5, 0.6) is 0 Å². The van der Waals surface area contributed by atoms with Crippen molar-refractivity contribution in [3.8, 4) is 5.69 Å². The topological polar surface area (TPSA) is 76.9 Å². The third-order valence-corrected chi connectivity index (χ3v) is 7.36. The summed E-state index contributed by atoms with van der Waals surface area (Å²) in [7, 11) is 0. The molecule has 31 heavy (non-hydrogen) atoms. The van der Waals surface area contributed by atoms with Crippen molar-refractivity contribution >= 4 is 65.9 Å². The van der Waals surface area contributed by atoms with Gasteiger partial charge < -0.3 is 5.32 Å². The third-order valence-electron chi connectivity index (χ3n) is 4.58. The van der Waals surface area contributed by atoms with E-state index in [0.29, 0.717) is 20.5 Å². The van der Waals surface area contributed by atoms with E-state index < -0.39 is 0 Å². The summed E-state index contributed by atoms with van der Waals surface area (Å²) in [5, 5.41) is 5.75. The molecule has 0 fully saturated rings. The lowest BCUT2D eigenvalue weighted by molar-refractivity contribution is -0.113. The number of nitrogens with one attached hydrogen (secondary N) is 1. The molecule has 0 atom stereocenters. The molecule has 0 bridgehead atoms. The molecule has 1 amide bonds. The van der Waals surface area contributed by atoms with Gasteiger partial charge in [0.2, 0.25) is 5.91 Å². The molecule has 2 aromatic carbocycles. The van der Waals surface area contributed by atoms with Crippen LogP contribution in [0, 0.1) is 6.92 Å². The highest BCUT2D eigenvalue weighted by Crippen LogP contribution is 2.27. The van der Waals surface area contributed by atoms with Gasteiger partial charge in [0, 0.05) is 0 Å². The molecule has 0 saturated carbocycles. The van der Waals surface area contributed by atoms with Crippen molar-refractivity contribution in [3.05, 3.63) is 75.9 Å². The summed E-state index contributed by atoms with van der Waals surface area (Å²) >= 11 is 4.04. The number of thiophene rings is 1.